The lowest BCUT2D eigenvalue weighted by atomic mass is 10.1. The van der Waals surface area contributed by atoms with Crippen LogP contribution in [0.2, 0.25) is 0 Å². The lowest BCUT2D eigenvalue weighted by molar-refractivity contribution is -0.120. The Labute approximate surface area is 167 Å². The van der Waals surface area contributed by atoms with E-state index in [2.05, 4.69) is 15.4 Å². The van der Waals surface area contributed by atoms with Crippen molar-refractivity contribution >= 4 is 34.2 Å². The smallest absolute Gasteiger partial charge is 0.233 e. The molecule has 1 N–H and O–H groups in total. The third kappa shape index (κ3) is 3.71. The Hall–Kier alpha value is -2.93. The monoisotopic (exact) mass is 391 g/mol. The number of hydrogen-bond acceptors (Lipinski definition) is 5. The molecule has 4 rings (SSSR count). The van der Waals surface area contributed by atoms with E-state index in [1.807, 2.05) is 69.3 Å². The summed E-state index contributed by atoms with van der Waals surface area (Å²) in [5.41, 5.74) is 3.89. The first-order valence-electron chi connectivity index (χ1n) is 9.13. The van der Waals surface area contributed by atoms with Crippen LogP contribution in [-0.4, -0.2) is 30.7 Å². The molecule has 2 heterocycles. The van der Waals surface area contributed by atoms with Crippen molar-refractivity contribution in [2.45, 2.75) is 37.7 Å². The molecule has 1 atom stereocenters. The van der Waals surface area contributed by atoms with Gasteiger partial charge in [0.05, 0.1) is 10.8 Å². The Morgan fingerprint density at radius 2 is 1.86 bits per heavy atom. The molecule has 0 aliphatic heterocycles. The highest BCUT2D eigenvalue weighted by atomic mass is 32.2. The average Bonchev–Trinajstić information content (AvgIpc) is 3.09. The van der Waals surface area contributed by atoms with Crippen molar-refractivity contribution in [1.29, 1.82) is 0 Å². The van der Waals surface area contributed by atoms with Crippen LogP contribution in [0, 0.1) is 13.8 Å². The molecule has 0 unspecified atom stereocenters. The van der Waals surface area contributed by atoms with Crippen LogP contribution in [0.4, 0.5) is 0 Å². The lowest BCUT2D eigenvalue weighted by Crippen LogP contribution is -2.30. The van der Waals surface area contributed by atoms with Gasteiger partial charge in [-0.1, -0.05) is 53.7 Å². The minimum absolute atomic E-state index is 0.0366. The average molecular weight is 392 g/mol. The topological polar surface area (TPSA) is 72.2 Å². The zero-order chi connectivity index (χ0) is 19.7. The number of aryl methyl sites for hydroxylation is 2. The molecule has 142 valence electrons. The molecule has 0 spiro atoms. The van der Waals surface area contributed by atoms with Gasteiger partial charge in [-0.25, -0.2) is 9.97 Å². The summed E-state index contributed by atoms with van der Waals surface area (Å²) in [4.78, 5) is 21.8. The molecule has 7 heteroatoms. The number of nitrogens with one attached hydrogen (secondary N) is 1. The van der Waals surface area contributed by atoms with E-state index in [0.29, 0.717) is 17.5 Å². The summed E-state index contributed by atoms with van der Waals surface area (Å²) in [5, 5.41) is 8.76. The quantitative estimate of drug-likeness (QED) is 0.415. The summed E-state index contributed by atoms with van der Waals surface area (Å²) in [6, 6.07) is 16.0. The van der Waals surface area contributed by atoms with Crippen molar-refractivity contribution < 1.29 is 4.79 Å². The summed E-state index contributed by atoms with van der Waals surface area (Å²) in [6.45, 7) is 6.28. The van der Waals surface area contributed by atoms with Crippen LogP contribution in [0.15, 0.2) is 53.7 Å². The van der Waals surface area contributed by atoms with Gasteiger partial charge < -0.3 is 5.32 Å². The highest BCUT2D eigenvalue weighted by Gasteiger charge is 2.19. The summed E-state index contributed by atoms with van der Waals surface area (Å²) >= 11 is 1.38. The van der Waals surface area contributed by atoms with Crippen molar-refractivity contribution in [1.82, 2.24) is 24.9 Å². The molecule has 2 aromatic heterocycles. The standard InChI is InChI=1S/C21H21N5OS/c1-13-8-10-16(11-9-13)12-22-20(27)14(2)28-21-24-18-7-5-4-6-17(18)19-23-15(3)25-26(19)21/h4-11,14H,12H2,1-3H3,(H,22,27)/t14-/m0/s1. The fraction of sp³-hybridized carbons (Fsp3) is 0.238. The Kier molecular flexibility index (Phi) is 5.00. The maximum atomic E-state index is 12.6. The molecular weight excluding hydrogens is 370 g/mol. The van der Waals surface area contributed by atoms with Gasteiger partial charge in [-0.15, -0.1) is 5.10 Å². The van der Waals surface area contributed by atoms with Crippen molar-refractivity contribution in [3.63, 3.8) is 0 Å². The van der Waals surface area contributed by atoms with E-state index in [9.17, 15) is 4.79 Å². The van der Waals surface area contributed by atoms with Crippen LogP contribution >= 0.6 is 11.8 Å². The first-order chi connectivity index (χ1) is 13.5. The number of carbonyl (C=O) groups is 1. The summed E-state index contributed by atoms with van der Waals surface area (Å²) in [7, 11) is 0. The molecular formula is C21H21N5OS. The van der Waals surface area contributed by atoms with Crippen LogP contribution < -0.4 is 5.32 Å². The van der Waals surface area contributed by atoms with Gasteiger partial charge in [0.1, 0.15) is 5.82 Å². The van der Waals surface area contributed by atoms with E-state index in [0.717, 1.165) is 22.1 Å². The third-order valence-electron chi connectivity index (χ3n) is 4.49. The molecule has 0 saturated heterocycles. The number of para-hydroxylation sites is 1. The zero-order valence-electron chi connectivity index (χ0n) is 16.0. The van der Waals surface area contributed by atoms with Crippen molar-refractivity contribution in [2.75, 3.05) is 0 Å². The van der Waals surface area contributed by atoms with Crippen LogP contribution in [0.3, 0.4) is 0 Å². The molecule has 6 nitrogen and oxygen atoms in total. The van der Waals surface area contributed by atoms with Crippen LogP contribution in [0.25, 0.3) is 16.6 Å². The molecule has 1 amide bonds. The third-order valence-corrected chi connectivity index (χ3v) is 5.54. The van der Waals surface area contributed by atoms with Crippen LogP contribution in [-0.2, 0) is 11.3 Å². The van der Waals surface area contributed by atoms with E-state index in [1.54, 1.807) is 4.52 Å². The van der Waals surface area contributed by atoms with Crippen molar-refractivity contribution in [2.24, 2.45) is 0 Å². The highest BCUT2D eigenvalue weighted by molar-refractivity contribution is 8.00. The summed E-state index contributed by atoms with van der Waals surface area (Å²) in [5.74, 6) is 0.641. The normalized spacial score (nSPS) is 12.4. The molecule has 0 fully saturated rings. The van der Waals surface area contributed by atoms with Gasteiger partial charge in [-0.3, -0.25) is 4.79 Å². The van der Waals surface area contributed by atoms with Gasteiger partial charge in [0, 0.05) is 11.9 Å². The highest BCUT2D eigenvalue weighted by Crippen LogP contribution is 2.26. The summed E-state index contributed by atoms with van der Waals surface area (Å²) < 4.78 is 1.73. The van der Waals surface area contributed by atoms with Gasteiger partial charge in [0.25, 0.3) is 0 Å². The first kappa shape index (κ1) is 18.4. The minimum Gasteiger partial charge on any atom is -0.351 e. The number of thioether (sulfide) groups is 1. The largest absolute Gasteiger partial charge is 0.351 e. The van der Waals surface area contributed by atoms with Gasteiger partial charge in [-0.05, 0) is 38.5 Å². The second kappa shape index (κ2) is 7.59. The number of nitrogens with zero attached hydrogens (tertiary/aromatic N) is 4. The van der Waals surface area contributed by atoms with Crippen LogP contribution in [0.1, 0.15) is 23.9 Å². The number of amides is 1. The lowest BCUT2D eigenvalue weighted by Gasteiger charge is -2.13. The Balaban J connectivity index is 1.54. The van der Waals surface area contributed by atoms with Gasteiger partial charge in [0.2, 0.25) is 5.91 Å². The van der Waals surface area contributed by atoms with E-state index < -0.39 is 0 Å². The molecule has 28 heavy (non-hydrogen) atoms. The van der Waals surface area contributed by atoms with Crippen LogP contribution in [0.5, 0.6) is 0 Å². The van der Waals surface area contributed by atoms with Gasteiger partial charge >= 0.3 is 0 Å². The van der Waals surface area contributed by atoms with E-state index >= 15 is 0 Å². The maximum absolute atomic E-state index is 12.6. The van der Waals surface area contributed by atoms with E-state index in [4.69, 9.17) is 4.98 Å². The molecule has 0 saturated carbocycles. The second-order valence-electron chi connectivity index (χ2n) is 6.77. The molecule has 2 aromatic carbocycles. The molecule has 0 radical (unpaired) electrons. The van der Waals surface area contributed by atoms with Crippen molar-refractivity contribution in [3.8, 4) is 0 Å². The predicted molar refractivity (Wildman–Crippen MR) is 111 cm³/mol. The van der Waals surface area contributed by atoms with E-state index in [1.165, 1.54) is 17.3 Å². The number of carbonyl (C=O) groups excluding carboxylic acids is 1. The Morgan fingerprint density at radius 3 is 2.64 bits per heavy atom. The first-order valence-corrected chi connectivity index (χ1v) is 10.0. The molecule has 0 aliphatic carbocycles. The minimum atomic E-state index is -0.313. The number of rotatable bonds is 5. The molecule has 0 aliphatic rings. The maximum Gasteiger partial charge on any atom is 0.233 e. The summed E-state index contributed by atoms with van der Waals surface area (Å²) in [6.07, 6.45) is 0. The zero-order valence-corrected chi connectivity index (χ0v) is 16.8. The number of aromatic nitrogens is 4. The fourth-order valence-electron chi connectivity index (χ4n) is 2.96. The fourth-order valence-corrected chi connectivity index (χ4v) is 3.84. The number of hydrogen-bond donors (Lipinski definition) is 1. The second-order valence-corrected chi connectivity index (χ2v) is 8.08. The van der Waals surface area contributed by atoms with Gasteiger partial charge in [0.15, 0.2) is 10.8 Å². The van der Waals surface area contributed by atoms with E-state index in [-0.39, 0.29) is 11.2 Å². The molecule has 4 aromatic rings. The Bertz CT molecular complexity index is 1150. The van der Waals surface area contributed by atoms with Gasteiger partial charge in [-0.2, -0.15) is 4.52 Å². The molecule has 0 bridgehead atoms. The predicted octanol–water partition coefficient (Wildman–Crippen LogP) is 3.69. The SMILES string of the molecule is Cc1ccc(CNC(=O)[C@H](C)Sc2nc3ccccc3c3nc(C)nn23)cc1. The number of fused-ring (bicyclic) bond motifs is 3. The number of benzene rings is 2. The Morgan fingerprint density at radius 1 is 1.11 bits per heavy atom. The van der Waals surface area contributed by atoms with Crippen molar-refractivity contribution in [3.05, 3.63) is 65.5 Å².